The summed E-state index contributed by atoms with van der Waals surface area (Å²) in [5, 5.41) is 0.0475. The predicted octanol–water partition coefficient (Wildman–Crippen LogP) is 4.61. The van der Waals surface area contributed by atoms with Crippen LogP contribution in [0.15, 0.2) is 34.8 Å². The van der Waals surface area contributed by atoms with Crippen LogP contribution in [0.3, 0.4) is 0 Å². The molecule has 0 atom stereocenters. The Balaban J connectivity index is 2.27. The lowest BCUT2D eigenvalue weighted by Crippen LogP contribution is -2.05. The summed E-state index contributed by atoms with van der Waals surface area (Å²) in [6, 6.07) is 7.66. The molecule has 2 aromatic rings. The van der Waals surface area contributed by atoms with E-state index in [0.717, 1.165) is 0 Å². The molecule has 0 aromatic heterocycles. The largest absolute Gasteiger partial charge is 0.486 e. The van der Waals surface area contributed by atoms with Gasteiger partial charge in [-0.1, -0.05) is 33.6 Å². The fourth-order valence-corrected chi connectivity index (χ4v) is 2.42. The van der Waals surface area contributed by atoms with E-state index < -0.39 is 5.82 Å². The van der Waals surface area contributed by atoms with Crippen LogP contribution in [0.5, 0.6) is 5.75 Å². The first-order valence-electron chi connectivity index (χ1n) is 6.05. The number of halogens is 3. The number of ether oxygens (including phenoxy) is 1. The van der Waals surface area contributed by atoms with E-state index in [2.05, 4.69) is 15.9 Å². The minimum Gasteiger partial charge on any atom is -0.486 e. The number of carbonyl (C=O) groups is 1. The SMILES string of the molecule is CC(=O)c1cc(Br)cc(N)c1OCc1ccc(Cl)c(F)c1. The number of nitrogens with two attached hydrogens (primary N) is 1. The first-order chi connectivity index (χ1) is 9.88. The standard InChI is InChI=1S/C15H12BrClFNO2/c1-8(20)11-5-10(16)6-14(19)15(11)21-7-9-2-3-12(17)13(18)4-9/h2-6H,7,19H2,1H3. The minimum absolute atomic E-state index is 0.0475. The fraction of sp³-hybridized carbons (Fsp3) is 0.133. The van der Waals surface area contributed by atoms with Gasteiger partial charge in [-0.15, -0.1) is 0 Å². The number of Topliss-reactive ketones (excluding diaryl/α,β-unsaturated/α-hetero) is 1. The van der Waals surface area contributed by atoms with Crippen LogP contribution < -0.4 is 10.5 Å². The number of rotatable bonds is 4. The zero-order valence-corrected chi connectivity index (χ0v) is 13.5. The highest BCUT2D eigenvalue weighted by Crippen LogP contribution is 2.32. The van der Waals surface area contributed by atoms with Crippen LogP contribution in [-0.2, 0) is 6.61 Å². The zero-order valence-electron chi connectivity index (χ0n) is 11.1. The number of benzene rings is 2. The van der Waals surface area contributed by atoms with Crippen LogP contribution in [0, 0.1) is 5.82 Å². The van der Waals surface area contributed by atoms with Crippen molar-refractivity contribution in [3.05, 3.63) is 56.8 Å². The third kappa shape index (κ3) is 3.74. The molecule has 0 radical (unpaired) electrons. The molecule has 0 amide bonds. The van der Waals surface area contributed by atoms with Crippen molar-refractivity contribution < 1.29 is 13.9 Å². The molecule has 21 heavy (non-hydrogen) atoms. The van der Waals surface area contributed by atoms with Crippen molar-refractivity contribution in [3.8, 4) is 5.75 Å². The van der Waals surface area contributed by atoms with Gasteiger partial charge in [0.05, 0.1) is 16.3 Å². The molecular formula is C15H12BrClFNO2. The molecule has 0 bridgehead atoms. The molecule has 0 aliphatic carbocycles. The number of carbonyl (C=O) groups excluding carboxylic acids is 1. The number of hydrogen-bond acceptors (Lipinski definition) is 3. The molecule has 2 aromatic carbocycles. The second kappa shape index (κ2) is 6.45. The average Bonchev–Trinajstić information content (AvgIpc) is 2.40. The molecule has 0 saturated carbocycles. The molecule has 3 nitrogen and oxygen atoms in total. The van der Waals surface area contributed by atoms with Gasteiger partial charge in [0.1, 0.15) is 12.4 Å². The van der Waals surface area contributed by atoms with Crippen LogP contribution in [0.2, 0.25) is 5.02 Å². The number of anilines is 1. The van der Waals surface area contributed by atoms with Crippen molar-refractivity contribution in [2.75, 3.05) is 5.73 Å². The topological polar surface area (TPSA) is 52.3 Å². The quantitative estimate of drug-likeness (QED) is 0.630. The summed E-state index contributed by atoms with van der Waals surface area (Å²) in [5.41, 5.74) is 7.18. The van der Waals surface area contributed by atoms with Crippen molar-refractivity contribution in [2.24, 2.45) is 0 Å². The van der Waals surface area contributed by atoms with Crippen molar-refractivity contribution in [2.45, 2.75) is 13.5 Å². The number of ketones is 1. The minimum atomic E-state index is -0.520. The van der Waals surface area contributed by atoms with E-state index >= 15 is 0 Å². The Kier molecular flexibility index (Phi) is 4.85. The van der Waals surface area contributed by atoms with Crippen LogP contribution in [0.25, 0.3) is 0 Å². The second-order valence-corrected chi connectivity index (χ2v) is 5.79. The Morgan fingerprint density at radius 3 is 2.71 bits per heavy atom. The molecular weight excluding hydrogens is 361 g/mol. The van der Waals surface area contributed by atoms with Gasteiger partial charge < -0.3 is 10.5 Å². The van der Waals surface area contributed by atoms with Crippen molar-refractivity contribution >= 4 is 39.0 Å². The fourth-order valence-electron chi connectivity index (χ4n) is 1.82. The Morgan fingerprint density at radius 1 is 1.38 bits per heavy atom. The first-order valence-corrected chi connectivity index (χ1v) is 7.22. The van der Waals surface area contributed by atoms with E-state index in [1.54, 1.807) is 18.2 Å². The van der Waals surface area contributed by atoms with Crippen molar-refractivity contribution in [1.29, 1.82) is 0 Å². The van der Waals surface area contributed by atoms with Crippen molar-refractivity contribution in [3.63, 3.8) is 0 Å². The van der Waals surface area contributed by atoms with Gasteiger partial charge in [-0.2, -0.15) is 0 Å². The second-order valence-electron chi connectivity index (χ2n) is 4.47. The number of hydrogen-bond donors (Lipinski definition) is 1. The third-order valence-electron chi connectivity index (χ3n) is 2.83. The van der Waals surface area contributed by atoms with Gasteiger partial charge in [0.15, 0.2) is 11.5 Å². The van der Waals surface area contributed by atoms with Crippen LogP contribution in [-0.4, -0.2) is 5.78 Å². The molecule has 2 rings (SSSR count). The summed E-state index contributed by atoms with van der Waals surface area (Å²) in [6.07, 6.45) is 0. The lowest BCUT2D eigenvalue weighted by atomic mass is 10.1. The maximum Gasteiger partial charge on any atom is 0.163 e. The van der Waals surface area contributed by atoms with Gasteiger partial charge >= 0.3 is 0 Å². The summed E-state index contributed by atoms with van der Waals surface area (Å²) in [4.78, 5) is 11.6. The Labute approximate surface area is 135 Å². The Morgan fingerprint density at radius 2 is 2.10 bits per heavy atom. The van der Waals surface area contributed by atoms with E-state index in [4.69, 9.17) is 22.1 Å². The van der Waals surface area contributed by atoms with Crippen LogP contribution in [0.1, 0.15) is 22.8 Å². The van der Waals surface area contributed by atoms with E-state index in [1.165, 1.54) is 19.1 Å². The Bertz CT molecular complexity index is 706. The molecule has 0 aliphatic rings. The number of nitrogen functional groups attached to an aromatic ring is 1. The van der Waals surface area contributed by atoms with Crippen LogP contribution in [0.4, 0.5) is 10.1 Å². The lowest BCUT2D eigenvalue weighted by Gasteiger charge is -2.13. The van der Waals surface area contributed by atoms with E-state index in [-0.39, 0.29) is 17.4 Å². The third-order valence-corrected chi connectivity index (χ3v) is 3.59. The maximum absolute atomic E-state index is 13.4. The van der Waals surface area contributed by atoms with Gasteiger partial charge in [0.2, 0.25) is 0 Å². The molecule has 110 valence electrons. The Hall–Kier alpha value is -1.59. The van der Waals surface area contributed by atoms with Gasteiger partial charge in [-0.25, -0.2) is 4.39 Å². The van der Waals surface area contributed by atoms with E-state index in [9.17, 15) is 9.18 Å². The molecule has 0 unspecified atom stereocenters. The highest BCUT2D eigenvalue weighted by molar-refractivity contribution is 9.10. The predicted molar refractivity (Wildman–Crippen MR) is 84.3 cm³/mol. The first kappa shape index (κ1) is 15.8. The van der Waals surface area contributed by atoms with Crippen molar-refractivity contribution in [1.82, 2.24) is 0 Å². The van der Waals surface area contributed by atoms with Gasteiger partial charge in [-0.05, 0) is 36.8 Å². The van der Waals surface area contributed by atoms with Gasteiger partial charge in [0, 0.05) is 4.47 Å². The zero-order chi connectivity index (χ0) is 15.6. The molecule has 6 heteroatoms. The molecule has 0 fully saturated rings. The highest BCUT2D eigenvalue weighted by Gasteiger charge is 2.14. The summed E-state index contributed by atoms with van der Waals surface area (Å²) in [5.74, 6) is -0.394. The smallest absolute Gasteiger partial charge is 0.163 e. The van der Waals surface area contributed by atoms with Crippen LogP contribution >= 0.6 is 27.5 Å². The molecule has 0 heterocycles. The molecule has 0 saturated heterocycles. The summed E-state index contributed by atoms with van der Waals surface area (Å²) in [6.45, 7) is 1.51. The highest BCUT2D eigenvalue weighted by atomic mass is 79.9. The summed E-state index contributed by atoms with van der Waals surface area (Å²) < 4.78 is 19.7. The van der Waals surface area contributed by atoms with E-state index in [0.29, 0.717) is 27.0 Å². The van der Waals surface area contributed by atoms with Gasteiger partial charge in [-0.3, -0.25) is 4.79 Å². The molecule has 0 aliphatic heterocycles. The summed E-state index contributed by atoms with van der Waals surface area (Å²) in [7, 11) is 0. The average molecular weight is 373 g/mol. The van der Waals surface area contributed by atoms with E-state index in [1.807, 2.05) is 0 Å². The molecule has 0 spiro atoms. The summed E-state index contributed by atoms with van der Waals surface area (Å²) >= 11 is 8.90. The maximum atomic E-state index is 13.4. The van der Waals surface area contributed by atoms with Gasteiger partial charge in [0.25, 0.3) is 0 Å². The molecule has 2 N–H and O–H groups in total. The normalized spacial score (nSPS) is 10.5. The monoisotopic (exact) mass is 371 g/mol. The lowest BCUT2D eigenvalue weighted by molar-refractivity contribution is 0.101.